The van der Waals surface area contributed by atoms with E-state index in [1.165, 1.54) is 35.1 Å². The van der Waals surface area contributed by atoms with E-state index >= 15 is 0 Å². The lowest BCUT2D eigenvalue weighted by Gasteiger charge is -2.28. The van der Waals surface area contributed by atoms with Crippen molar-refractivity contribution in [2.75, 3.05) is 0 Å². The SMILES string of the molecule is C=C(C)C(CC)C(=C)C1=C(C)CC1. The Morgan fingerprint density at radius 3 is 2.23 bits per heavy atom. The van der Waals surface area contributed by atoms with Crippen LogP contribution in [0.5, 0.6) is 0 Å². The molecule has 0 aromatic heterocycles. The van der Waals surface area contributed by atoms with Gasteiger partial charge in [-0.05, 0) is 44.3 Å². The van der Waals surface area contributed by atoms with Crippen molar-refractivity contribution in [1.82, 2.24) is 0 Å². The van der Waals surface area contributed by atoms with Crippen LogP contribution in [-0.4, -0.2) is 0 Å². The zero-order chi connectivity index (χ0) is 10.0. The van der Waals surface area contributed by atoms with Crippen molar-refractivity contribution in [1.29, 1.82) is 0 Å². The van der Waals surface area contributed by atoms with Crippen LogP contribution in [0.1, 0.15) is 40.0 Å². The van der Waals surface area contributed by atoms with E-state index in [-0.39, 0.29) is 0 Å². The molecule has 0 amide bonds. The van der Waals surface area contributed by atoms with Gasteiger partial charge in [-0.25, -0.2) is 0 Å². The second-order valence-corrected chi connectivity index (χ2v) is 4.09. The summed E-state index contributed by atoms with van der Waals surface area (Å²) >= 11 is 0. The van der Waals surface area contributed by atoms with Gasteiger partial charge in [0, 0.05) is 5.92 Å². The highest BCUT2D eigenvalue weighted by molar-refractivity contribution is 5.42. The molecule has 72 valence electrons. The van der Waals surface area contributed by atoms with Gasteiger partial charge in [-0.2, -0.15) is 0 Å². The lowest BCUT2D eigenvalue weighted by Crippen LogP contribution is -2.11. The summed E-state index contributed by atoms with van der Waals surface area (Å²) in [6, 6.07) is 0. The number of rotatable bonds is 4. The maximum absolute atomic E-state index is 4.20. The predicted octanol–water partition coefficient (Wildman–Crippen LogP) is 4.26. The fraction of sp³-hybridized carbons (Fsp3) is 0.538. The first kappa shape index (κ1) is 10.3. The van der Waals surface area contributed by atoms with Gasteiger partial charge in [-0.15, -0.1) is 0 Å². The lowest BCUT2D eigenvalue weighted by molar-refractivity contribution is 0.663. The summed E-state index contributed by atoms with van der Waals surface area (Å²) in [7, 11) is 0. The van der Waals surface area contributed by atoms with E-state index in [2.05, 4.69) is 33.9 Å². The molecule has 0 radical (unpaired) electrons. The summed E-state index contributed by atoms with van der Waals surface area (Å²) < 4.78 is 0. The first-order chi connectivity index (χ1) is 6.07. The molecule has 0 bridgehead atoms. The minimum absolute atomic E-state index is 0.505. The van der Waals surface area contributed by atoms with Crippen molar-refractivity contribution in [3.05, 3.63) is 35.5 Å². The normalized spacial score (nSPS) is 18.1. The largest absolute Gasteiger partial charge is 0.0995 e. The average Bonchev–Trinajstić information content (AvgIpc) is 2.02. The molecule has 0 spiro atoms. The fourth-order valence-corrected chi connectivity index (χ4v) is 2.04. The van der Waals surface area contributed by atoms with Crippen LogP contribution in [0, 0.1) is 5.92 Å². The van der Waals surface area contributed by atoms with Gasteiger partial charge < -0.3 is 0 Å². The van der Waals surface area contributed by atoms with Gasteiger partial charge in [0.15, 0.2) is 0 Å². The van der Waals surface area contributed by atoms with Crippen molar-refractivity contribution in [3.63, 3.8) is 0 Å². The highest BCUT2D eigenvalue weighted by Crippen LogP contribution is 2.38. The number of hydrogen-bond acceptors (Lipinski definition) is 0. The molecule has 1 aliphatic rings. The Labute approximate surface area is 82.0 Å². The molecule has 1 unspecified atom stereocenters. The maximum atomic E-state index is 4.20. The van der Waals surface area contributed by atoms with E-state index in [0.29, 0.717) is 5.92 Å². The molecule has 0 heterocycles. The average molecular weight is 176 g/mol. The third-order valence-corrected chi connectivity index (χ3v) is 3.08. The summed E-state index contributed by atoms with van der Waals surface area (Å²) in [4.78, 5) is 0. The van der Waals surface area contributed by atoms with Crippen molar-refractivity contribution in [2.45, 2.75) is 40.0 Å². The zero-order valence-corrected chi connectivity index (χ0v) is 9.11. The third kappa shape index (κ3) is 1.93. The smallest absolute Gasteiger partial charge is 0.00369 e. The predicted molar refractivity (Wildman–Crippen MR) is 59.7 cm³/mol. The Bertz CT molecular complexity index is 266. The van der Waals surface area contributed by atoms with Crippen LogP contribution in [0.15, 0.2) is 35.5 Å². The molecule has 0 nitrogen and oxygen atoms in total. The Hall–Kier alpha value is -0.780. The molecule has 0 saturated carbocycles. The second-order valence-electron chi connectivity index (χ2n) is 4.09. The Morgan fingerprint density at radius 2 is 2.00 bits per heavy atom. The lowest BCUT2D eigenvalue weighted by atomic mass is 9.77. The zero-order valence-electron chi connectivity index (χ0n) is 9.11. The van der Waals surface area contributed by atoms with Gasteiger partial charge in [-0.3, -0.25) is 0 Å². The van der Waals surface area contributed by atoms with Crippen molar-refractivity contribution in [3.8, 4) is 0 Å². The Morgan fingerprint density at radius 1 is 1.38 bits per heavy atom. The molecule has 0 aliphatic heterocycles. The monoisotopic (exact) mass is 176 g/mol. The molecule has 0 aromatic carbocycles. The Balaban J connectivity index is 2.77. The molecule has 0 N–H and O–H groups in total. The van der Waals surface area contributed by atoms with Crippen molar-refractivity contribution < 1.29 is 0 Å². The number of hydrogen-bond donors (Lipinski definition) is 0. The molecule has 0 heteroatoms. The van der Waals surface area contributed by atoms with E-state index < -0.39 is 0 Å². The van der Waals surface area contributed by atoms with E-state index in [1.807, 2.05) is 0 Å². The van der Waals surface area contributed by atoms with E-state index in [4.69, 9.17) is 0 Å². The molecular formula is C13H20. The molecule has 1 aliphatic carbocycles. The van der Waals surface area contributed by atoms with Crippen LogP contribution in [-0.2, 0) is 0 Å². The summed E-state index contributed by atoms with van der Waals surface area (Å²) in [5.74, 6) is 0.505. The van der Waals surface area contributed by atoms with E-state index in [1.54, 1.807) is 0 Å². The van der Waals surface area contributed by atoms with Gasteiger partial charge in [-0.1, -0.05) is 31.2 Å². The summed E-state index contributed by atoms with van der Waals surface area (Å²) in [6.07, 6.45) is 3.63. The molecule has 0 saturated heterocycles. The van der Waals surface area contributed by atoms with Gasteiger partial charge in [0.25, 0.3) is 0 Å². The molecule has 0 aromatic rings. The van der Waals surface area contributed by atoms with Gasteiger partial charge in [0.1, 0.15) is 0 Å². The Kier molecular flexibility index (Phi) is 3.13. The highest BCUT2D eigenvalue weighted by atomic mass is 14.3. The van der Waals surface area contributed by atoms with Crippen LogP contribution in [0.2, 0.25) is 0 Å². The maximum Gasteiger partial charge on any atom is 0.00369 e. The van der Waals surface area contributed by atoms with Crippen LogP contribution in [0.4, 0.5) is 0 Å². The van der Waals surface area contributed by atoms with Gasteiger partial charge in [0.2, 0.25) is 0 Å². The molecular weight excluding hydrogens is 156 g/mol. The van der Waals surface area contributed by atoms with Crippen LogP contribution in [0.3, 0.4) is 0 Å². The van der Waals surface area contributed by atoms with E-state index in [0.717, 1.165) is 6.42 Å². The van der Waals surface area contributed by atoms with Crippen molar-refractivity contribution >= 4 is 0 Å². The first-order valence-corrected chi connectivity index (χ1v) is 5.11. The molecule has 1 rings (SSSR count). The molecule has 0 fully saturated rings. The minimum Gasteiger partial charge on any atom is -0.0995 e. The molecule has 13 heavy (non-hydrogen) atoms. The first-order valence-electron chi connectivity index (χ1n) is 5.11. The highest BCUT2D eigenvalue weighted by Gasteiger charge is 2.21. The van der Waals surface area contributed by atoms with E-state index in [9.17, 15) is 0 Å². The molecule has 1 atom stereocenters. The quantitative estimate of drug-likeness (QED) is 0.561. The summed E-state index contributed by atoms with van der Waals surface area (Å²) in [6.45, 7) is 14.8. The standard InChI is InChI=1S/C13H20/c1-6-12(9(2)3)11(5)13-8-7-10(13)4/h12H,2,5-8H2,1,3-4H3. The van der Waals surface area contributed by atoms with Gasteiger partial charge in [0.05, 0.1) is 0 Å². The van der Waals surface area contributed by atoms with Crippen molar-refractivity contribution in [2.24, 2.45) is 5.92 Å². The minimum atomic E-state index is 0.505. The third-order valence-electron chi connectivity index (χ3n) is 3.08. The van der Waals surface area contributed by atoms with Crippen LogP contribution >= 0.6 is 0 Å². The fourth-order valence-electron chi connectivity index (χ4n) is 2.04. The van der Waals surface area contributed by atoms with Crippen LogP contribution in [0.25, 0.3) is 0 Å². The summed E-state index contributed by atoms with van der Waals surface area (Å²) in [5, 5.41) is 0. The summed E-state index contributed by atoms with van der Waals surface area (Å²) in [5.41, 5.74) is 5.61. The van der Waals surface area contributed by atoms with Gasteiger partial charge >= 0.3 is 0 Å². The topological polar surface area (TPSA) is 0 Å². The number of allylic oxidation sites excluding steroid dienone is 4. The second kappa shape index (κ2) is 3.95. The van der Waals surface area contributed by atoms with Crippen LogP contribution < -0.4 is 0 Å².